The first-order valence-corrected chi connectivity index (χ1v) is 8.94. The molecule has 0 radical (unpaired) electrons. The summed E-state index contributed by atoms with van der Waals surface area (Å²) >= 11 is 6.52. The second-order valence-corrected chi connectivity index (χ2v) is 7.93. The Morgan fingerprint density at radius 3 is 2.46 bits per heavy atom. The summed E-state index contributed by atoms with van der Waals surface area (Å²) in [5.41, 5.74) is 1.36. The molecule has 1 saturated carbocycles. The summed E-state index contributed by atoms with van der Waals surface area (Å²) in [6.45, 7) is 9.34. The van der Waals surface area contributed by atoms with Gasteiger partial charge in [-0.15, -0.1) is 0 Å². The van der Waals surface area contributed by atoms with Crippen molar-refractivity contribution in [3.05, 3.63) is 17.0 Å². The molecule has 0 saturated heterocycles. The highest BCUT2D eigenvalue weighted by Gasteiger charge is 2.31. The lowest BCUT2D eigenvalue weighted by Crippen LogP contribution is -3.00. The molecule has 0 unspecified atom stereocenters. The van der Waals surface area contributed by atoms with Crippen molar-refractivity contribution in [2.24, 2.45) is 11.3 Å². The van der Waals surface area contributed by atoms with E-state index >= 15 is 0 Å². The molecular formula is C18H28BrClN4. The average molecular weight is 416 g/mol. The summed E-state index contributed by atoms with van der Waals surface area (Å²) in [7, 11) is 0. The van der Waals surface area contributed by atoms with Crippen molar-refractivity contribution in [1.82, 2.24) is 4.98 Å². The lowest BCUT2D eigenvalue weighted by Gasteiger charge is -2.37. The Morgan fingerprint density at radius 2 is 1.96 bits per heavy atom. The Kier molecular flexibility index (Phi) is 7.95. The van der Waals surface area contributed by atoms with E-state index in [2.05, 4.69) is 37.1 Å². The number of aromatic nitrogens is 2. The van der Waals surface area contributed by atoms with Crippen LogP contribution in [-0.4, -0.2) is 11.0 Å². The summed E-state index contributed by atoms with van der Waals surface area (Å²) < 4.78 is 1.82. The third-order valence-electron chi connectivity index (χ3n) is 5.00. The van der Waals surface area contributed by atoms with Crippen molar-refractivity contribution in [3.63, 3.8) is 0 Å². The van der Waals surface area contributed by atoms with Crippen molar-refractivity contribution in [3.8, 4) is 6.07 Å². The fourth-order valence-electron chi connectivity index (χ4n) is 3.49. The van der Waals surface area contributed by atoms with Crippen LogP contribution in [0.5, 0.6) is 0 Å². The van der Waals surface area contributed by atoms with Gasteiger partial charge in [0.05, 0.1) is 0 Å². The van der Waals surface area contributed by atoms with Crippen LogP contribution in [0.2, 0.25) is 5.02 Å². The predicted octanol–water partition coefficient (Wildman–Crippen LogP) is 1.13. The standard InChI is InChI=1S/C18H27ClN4.BrH/c1-5-15-16(19)17(21-12-23(15)11-10-20)22-14-8-6-13(7-9-14)18(2,3)4;/h12-14H,5-9,11H2,1-4H3;1H. The van der Waals surface area contributed by atoms with Gasteiger partial charge in [0, 0.05) is 12.5 Å². The van der Waals surface area contributed by atoms with E-state index in [0.29, 0.717) is 16.5 Å². The molecule has 1 aromatic heterocycles. The van der Waals surface area contributed by atoms with E-state index in [9.17, 15) is 0 Å². The van der Waals surface area contributed by atoms with Crippen LogP contribution in [0.3, 0.4) is 0 Å². The molecular weight excluding hydrogens is 388 g/mol. The van der Waals surface area contributed by atoms with E-state index < -0.39 is 0 Å². The smallest absolute Gasteiger partial charge is 0.289 e. The van der Waals surface area contributed by atoms with Crippen molar-refractivity contribution in [1.29, 1.82) is 5.26 Å². The van der Waals surface area contributed by atoms with Gasteiger partial charge in [-0.2, -0.15) is 5.26 Å². The maximum absolute atomic E-state index is 8.89. The van der Waals surface area contributed by atoms with Gasteiger partial charge in [-0.05, 0) is 42.0 Å². The monoisotopic (exact) mass is 414 g/mol. The molecule has 0 aliphatic heterocycles. The normalized spacial score (nSPS) is 20.8. The zero-order valence-corrected chi connectivity index (χ0v) is 17.4. The first-order valence-electron chi connectivity index (χ1n) is 8.57. The van der Waals surface area contributed by atoms with Crippen LogP contribution in [0, 0.1) is 22.7 Å². The van der Waals surface area contributed by atoms with Gasteiger partial charge in [0.1, 0.15) is 11.8 Å². The highest BCUT2D eigenvalue weighted by molar-refractivity contribution is 6.33. The summed E-state index contributed by atoms with van der Waals surface area (Å²) in [6, 6.07) is 2.59. The number of anilines is 1. The average Bonchev–Trinajstić information content (AvgIpc) is 2.50. The van der Waals surface area contributed by atoms with Crippen molar-refractivity contribution < 1.29 is 21.5 Å². The third-order valence-corrected chi connectivity index (χ3v) is 5.40. The van der Waals surface area contributed by atoms with Crippen molar-refractivity contribution in [2.75, 3.05) is 5.32 Å². The highest BCUT2D eigenvalue weighted by Crippen LogP contribution is 2.38. The molecule has 134 valence electrons. The summed E-state index contributed by atoms with van der Waals surface area (Å²) in [6.07, 6.45) is 7.33. The first-order chi connectivity index (χ1) is 10.9. The minimum Gasteiger partial charge on any atom is -1.00 e. The number of rotatable bonds is 4. The number of nitriles is 1. The molecule has 4 nitrogen and oxygen atoms in total. The van der Waals surface area contributed by atoms with E-state index in [1.54, 1.807) is 6.33 Å². The van der Waals surface area contributed by atoms with Gasteiger partial charge in [-0.25, -0.2) is 4.57 Å². The predicted molar refractivity (Wildman–Crippen MR) is 93.3 cm³/mol. The van der Waals surface area contributed by atoms with E-state index in [4.69, 9.17) is 16.9 Å². The quantitative estimate of drug-likeness (QED) is 0.750. The molecule has 1 aliphatic carbocycles. The Hall–Kier alpha value is -0.860. The number of hydrogen-bond acceptors (Lipinski definition) is 3. The van der Waals surface area contributed by atoms with Crippen LogP contribution < -0.4 is 26.9 Å². The number of halogens is 2. The van der Waals surface area contributed by atoms with Gasteiger partial charge in [0.15, 0.2) is 11.6 Å². The van der Waals surface area contributed by atoms with Crippen molar-refractivity contribution >= 4 is 17.4 Å². The second-order valence-electron chi connectivity index (χ2n) is 7.55. The van der Waals surface area contributed by atoms with E-state index in [-0.39, 0.29) is 23.5 Å². The molecule has 0 amide bonds. The highest BCUT2D eigenvalue weighted by atomic mass is 79.9. The van der Waals surface area contributed by atoms with E-state index in [0.717, 1.165) is 36.7 Å². The van der Waals surface area contributed by atoms with Crippen molar-refractivity contribution in [2.45, 2.75) is 72.4 Å². The van der Waals surface area contributed by atoms with Gasteiger partial charge < -0.3 is 22.3 Å². The van der Waals surface area contributed by atoms with Crippen LogP contribution >= 0.6 is 11.6 Å². The Balaban J connectivity index is 0.00000288. The van der Waals surface area contributed by atoms with Crippen LogP contribution in [0.25, 0.3) is 0 Å². The lowest BCUT2D eigenvalue weighted by atomic mass is 9.71. The zero-order chi connectivity index (χ0) is 17.0. The number of hydrogen-bond donors (Lipinski definition) is 1. The van der Waals surface area contributed by atoms with Crippen LogP contribution in [0.4, 0.5) is 5.82 Å². The van der Waals surface area contributed by atoms with Gasteiger partial charge in [-0.1, -0.05) is 39.3 Å². The maximum Gasteiger partial charge on any atom is 0.289 e. The molecule has 6 heteroatoms. The second kappa shape index (κ2) is 9.01. The van der Waals surface area contributed by atoms with E-state index in [1.165, 1.54) is 12.8 Å². The molecule has 2 rings (SSSR count). The molecule has 1 heterocycles. The van der Waals surface area contributed by atoms with Crippen LogP contribution in [-0.2, 0) is 13.0 Å². The Labute approximate surface area is 161 Å². The van der Waals surface area contributed by atoms with E-state index in [1.807, 2.05) is 11.5 Å². The number of nitrogens with zero attached hydrogens (tertiary/aromatic N) is 3. The minimum atomic E-state index is 0. The summed E-state index contributed by atoms with van der Waals surface area (Å²) in [4.78, 5) is 4.44. The molecule has 1 aromatic rings. The maximum atomic E-state index is 8.89. The minimum absolute atomic E-state index is 0. The SMILES string of the molecule is CCc1c(Cl)c(NC2CCC(C(C)(C)C)CC2)nc[n+]1CC#N.[Br-]. The molecule has 1 N–H and O–H groups in total. The topological polar surface area (TPSA) is 52.6 Å². The van der Waals surface area contributed by atoms with Crippen LogP contribution in [0.1, 0.15) is 59.1 Å². The molecule has 0 aromatic carbocycles. The van der Waals surface area contributed by atoms with Gasteiger partial charge in [-0.3, -0.25) is 0 Å². The molecule has 0 atom stereocenters. The fraction of sp³-hybridized carbons (Fsp3) is 0.722. The van der Waals surface area contributed by atoms with Gasteiger partial charge >= 0.3 is 0 Å². The molecule has 0 spiro atoms. The lowest BCUT2D eigenvalue weighted by molar-refractivity contribution is -0.695. The molecule has 0 bridgehead atoms. The molecule has 1 fully saturated rings. The van der Waals surface area contributed by atoms with Gasteiger partial charge in [0.25, 0.3) is 12.1 Å². The summed E-state index contributed by atoms with van der Waals surface area (Å²) in [5.74, 6) is 1.56. The molecule has 1 aliphatic rings. The summed E-state index contributed by atoms with van der Waals surface area (Å²) in [5, 5.41) is 13.1. The fourth-order valence-corrected chi connectivity index (χ4v) is 3.83. The first kappa shape index (κ1) is 21.2. The van der Waals surface area contributed by atoms with Crippen LogP contribution in [0.15, 0.2) is 6.33 Å². The Bertz CT molecular complexity index is 584. The molecule has 24 heavy (non-hydrogen) atoms. The third kappa shape index (κ3) is 5.07. The largest absolute Gasteiger partial charge is 1.00 e. The Morgan fingerprint density at radius 1 is 1.33 bits per heavy atom. The van der Waals surface area contributed by atoms with Gasteiger partial charge in [0.2, 0.25) is 0 Å². The zero-order valence-electron chi connectivity index (χ0n) is 15.1. The number of nitrogens with one attached hydrogen (secondary N) is 1.